The summed E-state index contributed by atoms with van der Waals surface area (Å²) in [7, 11) is 0. The fourth-order valence-electron chi connectivity index (χ4n) is 1.99. The van der Waals surface area contributed by atoms with Crippen LogP contribution in [0.1, 0.15) is 11.5 Å². The van der Waals surface area contributed by atoms with Gasteiger partial charge in [0.15, 0.2) is 11.2 Å². The Balaban J connectivity index is 1.92. The van der Waals surface area contributed by atoms with Crippen molar-refractivity contribution < 1.29 is 4.42 Å². The largest absolute Gasteiger partial charge is 0.466 e. The number of nitrogens with two attached hydrogens (primary N) is 2. The first-order valence-corrected chi connectivity index (χ1v) is 6.41. The lowest BCUT2D eigenvalue weighted by atomic mass is 9.99. The molecule has 6 nitrogen and oxygen atoms in total. The van der Waals surface area contributed by atoms with Crippen molar-refractivity contribution in [3.8, 4) is 0 Å². The monoisotopic (exact) mass is 263 g/mol. The van der Waals surface area contributed by atoms with Gasteiger partial charge in [0, 0.05) is 0 Å². The highest BCUT2D eigenvalue weighted by molar-refractivity contribution is 8.16. The molecule has 1 aromatic rings. The molecule has 2 aliphatic rings. The molecule has 0 bridgehead atoms. The van der Waals surface area contributed by atoms with Crippen molar-refractivity contribution in [1.82, 2.24) is 0 Å². The summed E-state index contributed by atoms with van der Waals surface area (Å²) in [6, 6.07) is 3.80. The molecule has 0 aromatic carbocycles. The Morgan fingerprint density at radius 1 is 1.50 bits per heavy atom. The minimum absolute atomic E-state index is 0.346. The van der Waals surface area contributed by atoms with Crippen molar-refractivity contribution >= 4 is 28.9 Å². The summed E-state index contributed by atoms with van der Waals surface area (Å²) in [5, 5.41) is 0.753. The summed E-state index contributed by atoms with van der Waals surface area (Å²) in [5.74, 6) is 1.63. The van der Waals surface area contributed by atoms with E-state index in [-0.39, 0.29) is 5.50 Å². The lowest BCUT2D eigenvalue weighted by molar-refractivity contribution is 0.445. The van der Waals surface area contributed by atoms with Crippen LogP contribution in [0.15, 0.2) is 31.5 Å². The Bertz CT molecular complexity index is 576. The third-order valence-corrected chi connectivity index (χ3v) is 3.67. The summed E-state index contributed by atoms with van der Waals surface area (Å²) < 4.78 is 5.54. The van der Waals surface area contributed by atoms with Crippen molar-refractivity contribution in [2.75, 3.05) is 0 Å². The van der Waals surface area contributed by atoms with Gasteiger partial charge in [-0.2, -0.15) is 0 Å². The van der Waals surface area contributed by atoms with Crippen LogP contribution in [0.5, 0.6) is 0 Å². The number of rotatable bonds is 2. The van der Waals surface area contributed by atoms with Gasteiger partial charge in [-0.25, -0.2) is 9.98 Å². The van der Waals surface area contributed by atoms with E-state index in [1.54, 1.807) is 0 Å². The van der Waals surface area contributed by atoms with Crippen LogP contribution in [0.3, 0.4) is 0 Å². The number of aliphatic imine (C=N–C) groups is 3. The predicted octanol–water partition coefficient (Wildman–Crippen LogP) is 0.656. The fourth-order valence-corrected chi connectivity index (χ4v) is 2.82. The van der Waals surface area contributed by atoms with Gasteiger partial charge in [0.2, 0.25) is 0 Å². The standard InChI is InChI=1S/C11H13N5OS/c1-6-2-3-7(17-6)4-11(13)8-9(14-5-15-11)18-10(12)16-8/h2-3,5,10H,4,12-13H2,1H3. The molecule has 4 N–H and O–H groups in total. The first kappa shape index (κ1) is 11.6. The Hall–Kier alpha value is -1.44. The Kier molecular flexibility index (Phi) is 2.61. The van der Waals surface area contributed by atoms with Gasteiger partial charge < -0.3 is 15.9 Å². The first-order chi connectivity index (χ1) is 8.57. The third kappa shape index (κ3) is 1.90. The van der Waals surface area contributed by atoms with Gasteiger partial charge in [-0.15, -0.1) is 0 Å². The van der Waals surface area contributed by atoms with Crippen LogP contribution in [0.25, 0.3) is 0 Å². The van der Waals surface area contributed by atoms with E-state index in [1.807, 2.05) is 19.1 Å². The zero-order valence-electron chi connectivity index (χ0n) is 9.83. The summed E-state index contributed by atoms with van der Waals surface area (Å²) >= 11 is 1.39. The number of aryl methyl sites for hydroxylation is 1. The van der Waals surface area contributed by atoms with Crippen molar-refractivity contribution in [1.29, 1.82) is 0 Å². The summed E-state index contributed by atoms with van der Waals surface area (Å²) in [6.45, 7) is 1.89. The van der Waals surface area contributed by atoms with Crippen molar-refractivity contribution in [2.24, 2.45) is 26.4 Å². The number of thioether (sulfide) groups is 1. The number of hydrogen-bond acceptors (Lipinski definition) is 7. The number of fused-ring (bicyclic) bond motifs is 1. The number of hydrogen-bond donors (Lipinski definition) is 2. The molecule has 0 fully saturated rings. The molecule has 2 unspecified atom stereocenters. The van der Waals surface area contributed by atoms with Gasteiger partial charge in [0.05, 0.1) is 6.42 Å². The highest BCUT2D eigenvalue weighted by Gasteiger charge is 2.41. The molecule has 0 saturated heterocycles. The molecule has 94 valence electrons. The van der Waals surface area contributed by atoms with E-state index in [2.05, 4.69) is 15.0 Å². The summed E-state index contributed by atoms with van der Waals surface area (Å²) in [4.78, 5) is 12.7. The van der Waals surface area contributed by atoms with Crippen LogP contribution in [0.2, 0.25) is 0 Å². The molecule has 0 spiro atoms. The van der Waals surface area contributed by atoms with E-state index in [4.69, 9.17) is 15.9 Å². The van der Waals surface area contributed by atoms with Gasteiger partial charge in [-0.05, 0) is 19.1 Å². The van der Waals surface area contributed by atoms with E-state index in [0.29, 0.717) is 12.1 Å². The van der Waals surface area contributed by atoms with E-state index in [0.717, 1.165) is 16.6 Å². The van der Waals surface area contributed by atoms with E-state index in [1.165, 1.54) is 18.1 Å². The van der Waals surface area contributed by atoms with Crippen molar-refractivity contribution in [3.63, 3.8) is 0 Å². The van der Waals surface area contributed by atoms with E-state index in [9.17, 15) is 0 Å². The maximum absolute atomic E-state index is 6.31. The molecule has 0 saturated carbocycles. The van der Waals surface area contributed by atoms with Gasteiger partial charge in [-0.3, -0.25) is 4.99 Å². The predicted molar refractivity (Wildman–Crippen MR) is 73.0 cm³/mol. The molecule has 0 radical (unpaired) electrons. The molecule has 3 heterocycles. The molecule has 7 heteroatoms. The SMILES string of the molecule is Cc1ccc(CC2(N)N=CN=C3SC(N)N=C32)o1. The van der Waals surface area contributed by atoms with Crippen molar-refractivity contribution in [3.05, 3.63) is 23.7 Å². The van der Waals surface area contributed by atoms with Gasteiger partial charge in [0.1, 0.15) is 28.6 Å². The van der Waals surface area contributed by atoms with Crippen LogP contribution in [0.4, 0.5) is 0 Å². The Morgan fingerprint density at radius 3 is 3.06 bits per heavy atom. The van der Waals surface area contributed by atoms with Crippen molar-refractivity contribution in [2.45, 2.75) is 24.5 Å². The topological polar surface area (TPSA) is 102 Å². The molecule has 0 aliphatic carbocycles. The normalized spacial score (nSPS) is 30.1. The first-order valence-electron chi connectivity index (χ1n) is 5.53. The average molecular weight is 263 g/mol. The molecular weight excluding hydrogens is 250 g/mol. The maximum atomic E-state index is 6.31. The van der Waals surface area contributed by atoms with Crippen LogP contribution in [-0.4, -0.2) is 28.3 Å². The molecule has 18 heavy (non-hydrogen) atoms. The third-order valence-electron chi connectivity index (χ3n) is 2.80. The second-order valence-corrected chi connectivity index (χ2v) is 5.38. The quantitative estimate of drug-likeness (QED) is 0.818. The van der Waals surface area contributed by atoms with Crippen LogP contribution < -0.4 is 11.5 Å². The number of furan rings is 1. The Labute approximate surface area is 108 Å². The molecule has 1 aromatic heterocycles. The lowest BCUT2D eigenvalue weighted by Crippen LogP contribution is -2.51. The lowest BCUT2D eigenvalue weighted by Gasteiger charge is -2.25. The minimum Gasteiger partial charge on any atom is -0.466 e. The highest BCUT2D eigenvalue weighted by atomic mass is 32.2. The van der Waals surface area contributed by atoms with Gasteiger partial charge >= 0.3 is 0 Å². The van der Waals surface area contributed by atoms with E-state index < -0.39 is 5.66 Å². The van der Waals surface area contributed by atoms with Crippen LogP contribution in [0, 0.1) is 6.92 Å². The van der Waals surface area contributed by atoms with Gasteiger partial charge in [0.25, 0.3) is 0 Å². The maximum Gasteiger partial charge on any atom is 0.162 e. The summed E-state index contributed by atoms with van der Waals surface area (Å²) in [6.07, 6.45) is 1.91. The molecule has 2 aliphatic heterocycles. The zero-order valence-corrected chi connectivity index (χ0v) is 10.6. The fraction of sp³-hybridized carbons (Fsp3) is 0.364. The smallest absolute Gasteiger partial charge is 0.162 e. The zero-order chi connectivity index (χ0) is 12.8. The summed E-state index contributed by atoms with van der Waals surface area (Å²) in [5.41, 5.74) is 11.5. The second kappa shape index (κ2) is 4.04. The second-order valence-electron chi connectivity index (χ2n) is 4.28. The van der Waals surface area contributed by atoms with Crippen LogP contribution in [-0.2, 0) is 6.42 Å². The highest BCUT2D eigenvalue weighted by Crippen LogP contribution is 2.29. The molecular formula is C11H13N5OS. The molecule has 2 atom stereocenters. The average Bonchev–Trinajstić information content (AvgIpc) is 2.85. The molecule has 3 rings (SSSR count). The molecule has 0 amide bonds. The van der Waals surface area contributed by atoms with Gasteiger partial charge in [-0.1, -0.05) is 11.8 Å². The van der Waals surface area contributed by atoms with E-state index >= 15 is 0 Å². The number of nitrogens with zero attached hydrogens (tertiary/aromatic N) is 3. The van der Waals surface area contributed by atoms with Crippen LogP contribution >= 0.6 is 11.8 Å². The Morgan fingerprint density at radius 2 is 2.33 bits per heavy atom. The minimum atomic E-state index is -0.928.